The highest BCUT2D eigenvalue weighted by Gasteiger charge is 2.19. The van der Waals surface area contributed by atoms with Crippen LogP contribution in [0.1, 0.15) is 28.8 Å². The van der Waals surface area contributed by atoms with Gasteiger partial charge in [0.1, 0.15) is 11.5 Å². The van der Waals surface area contributed by atoms with Crippen LogP contribution in [-0.2, 0) is 6.54 Å². The Morgan fingerprint density at radius 3 is 2.57 bits per heavy atom. The predicted octanol–water partition coefficient (Wildman–Crippen LogP) is 3.15. The van der Waals surface area contributed by atoms with Gasteiger partial charge in [0.25, 0.3) is 11.5 Å². The summed E-state index contributed by atoms with van der Waals surface area (Å²) in [6.45, 7) is 4.08. The van der Waals surface area contributed by atoms with Gasteiger partial charge < -0.3 is 29.6 Å². The Kier molecular flexibility index (Phi) is 8.98. The molecule has 0 spiro atoms. The van der Waals surface area contributed by atoms with Crippen LogP contribution in [0.3, 0.4) is 0 Å². The number of nitrogens with zero attached hydrogens (tertiary/aromatic N) is 2. The van der Waals surface area contributed by atoms with Crippen molar-refractivity contribution in [3.05, 3.63) is 76.1 Å². The van der Waals surface area contributed by atoms with Gasteiger partial charge in [-0.3, -0.25) is 9.59 Å². The lowest BCUT2D eigenvalue weighted by molar-refractivity contribution is 0.0964. The number of hydrogen-bond donors (Lipinski definition) is 2. The Balaban J connectivity index is 1.34. The smallest absolute Gasteiger partial charge is 0.251 e. The maximum absolute atomic E-state index is 13.0. The highest BCUT2D eigenvalue weighted by Crippen LogP contribution is 2.23. The number of carbonyl (C=O) groups excluding carboxylic acids is 1. The number of piperidine rings is 1. The van der Waals surface area contributed by atoms with Crippen molar-refractivity contribution in [2.45, 2.75) is 25.4 Å². The van der Waals surface area contributed by atoms with Gasteiger partial charge in [-0.05, 0) is 44.1 Å². The van der Waals surface area contributed by atoms with Crippen molar-refractivity contribution in [1.82, 2.24) is 20.1 Å². The van der Waals surface area contributed by atoms with Crippen LogP contribution in [0.4, 0.5) is 0 Å². The van der Waals surface area contributed by atoms with E-state index in [0.717, 1.165) is 55.7 Å². The zero-order valence-corrected chi connectivity index (χ0v) is 21.8. The number of pyridine rings is 1. The van der Waals surface area contributed by atoms with Crippen molar-refractivity contribution in [3.63, 3.8) is 0 Å². The molecule has 37 heavy (non-hydrogen) atoms. The van der Waals surface area contributed by atoms with Gasteiger partial charge in [0.05, 0.1) is 25.3 Å². The summed E-state index contributed by atoms with van der Waals surface area (Å²) in [5.74, 6) is 1.26. The summed E-state index contributed by atoms with van der Waals surface area (Å²) >= 11 is 0. The Morgan fingerprint density at radius 1 is 1.05 bits per heavy atom. The maximum atomic E-state index is 13.0. The van der Waals surface area contributed by atoms with Crippen LogP contribution >= 0.6 is 0 Å². The van der Waals surface area contributed by atoms with Gasteiger partial charge in [-0.2, -0.15) is 0 Å². The summed E-state index contributed by atoms with van der Waals surface area (Å²) < 4.78 is 12.5. The van der Waals surface area contributed by atoms with Crippen LogP contribution < -0.4 is 25.7 Å². The van der Waals surface area contributed by atoms with Gasteiger partial charge in [0.2, 0.25) is 0 Å². The molecule has 2 aromatic carbocycles. The van der Waals surface area contributed by atoms with Crippen LogP contribution in [-0.4, -0.2) is 68.9 Å². The molecule has 1 aliphatic heterocycles. The lowest BCUT2D eigenvalue weighted by Crippen LogP contribution is -2.44. The Bertz CT molecular complexity index is 1310. The average molecular weight is 505 g/mol. The number of rotatable bonds is 10. The first-order valence-electron chi connectivity index (χ1n) is 12.7. The molecule has 8 nitrogen and oxygen atoms in total. The predicted molar refractivity (Wildman–Crippen MR) is 148 cm³/mol. The van der Waals surface area contributed by atoms with Gasteiger partial charge in [-0.15, -0.1) is 0 Å². The molecule has 1 fully saturated rings. The van der Waals surface area contributed by atoms with E-state index in [4.69, 9.17) is 9.47 Å². The summed E-state index contributed by atoms with van der Waals surface area (Å²) in [4.78, 5) is 27.7. The van der Waals surface area contributed by atoms with E-state index >= 15 is 0 Å². The summed E-state index contributed by atoms with van der Waals surface area (Å²) in [6.07, 6.45) is 6.34. The third kappa shape index (κ3) is 6.39. The van der Waals surface area contributed by atoms with Crippen molar-refractivity contribution in [3.8, 4) is 11.5 Å². The molecule has 2 heterocycles. The molecule has 1 aromatic heterocycles. The molecule has 1 aliphatic rings. The number of fused-ring (bicyclic) bond motifs is 1. The highest BCUT2D eigenvalue weighted by molar-refractivity contribution is 6.06. The molecule has 0 radical (unpaired) electrons. The zero-order valence-electron chi connectivity index (χ0n) is 21.8. The highest BCUT2D eigenvalue weighted by atomic mass is 16.5. The van der Waals surface area contributed by atoms with Crippen LogP contribution in [0.15, 0.2) is 59.4 Å². The van der Waals surface area contributed by atoms with Crippen LogP contribution in [0.5, 0.6) is 11.5 Å². The second-order valence-corrected chi connectivity index (χ2v) is 9.18. The molecular weight excluding hydrogens is 468 g/mol. The summed E-state index contributed by atoms with van der Waals surface area (Å²) in [5.41, 5.74) is 1.99. The van der Waals surface area contributed by atoms with Gasteiger partial charge in [0.15, 0.2) is 0 Å². The molecule has 2 N–H and O–H groups in total. The van der Waals surface area contributed by atoms with E-state index in [1.165, 1.54) is 6.07 Å². The lowest BCUT2D eigenvalue weighted by atomic mass is 10.0. The standard InChI is InChI=1S/C29H36N4O4/c1-30-29(35)25-20-28(34)33(26-19-23(36-2)10-11-24(25)26)18-17-32-15-12-22(13-16-32)31-14-6-8-21-7-4-5-9-27(21)37-3/h4-11,19-20,22,31H,12-18H2,1-3H3,(H,30,35)/b8-6+. The van der Waals surface area contributed by atoms with Gasteiger partial charge in [-0.25, -0.2) is 0 Å². The average Bonchev–Trinajstić information content (AvgIpc) is 2.94. The van der Waals surface area contributed by atoms with E-state index in [0.29, 0.717) is 29.4 Å². The Hall–Kier alpha value is -3.62. The van der Waals surface area contributed by atoms with Crippen molar-refractivity contribution in [1.29, 1.82) is 0 Å². The molecule has 4 rings (SSSR count). The number of aromatic nitrogens is 1. The van der Waals surface area contributed by atoms with Crippen LogP contribution in [0, 0.1) is 0 Å². The van der Waals surface area contributed by atoms with Crippen molar-refractivity contribution in [2.24, 2.45) is 0 Å². The van der Waals surface area contributed by atoms with Crippen LogP contribution in [0.2, 0.25) is 0 Å². The minimum atomic E-state index is -0.272. The number of benzene rings is 2. The first-order valence-corrected chi connectivity index (χ1v) is 12.7. The second kappa shape index (κ2) is 12.6. The number of nitrogens with one attached hydrogen (secondary N) is 2. The summed E-state index contributed by atoms with van der Waals surface area (Å²) in [7, 11) is 4.85. The maximum Gasteiger partial charge on any atom is 0.251 e. The molecule has 8 heteroatoms. The fraction of sp³-hybridized carbons (Fsp3) is 0.379. The van der Waals surface area contributed by atoms with Crippen molar-refractivity contribution < 1.29 is 14.3 Å². The van der Waals surface area contributed by atoms with Crippen molar-refractivity contribution >= 4 is 22.9 Å². The molecule has 0 aliphatic carbocycles. The molecule has 0 unspecified atom stereocenters. The molecule has 196 valence electrons. The zero-order chi connectivity index (χ0) is 26.2. The number of para-hydroxylation sites is 1. The third-order valence-corrected chi connectivity index (χ3v) is 6.98. The minimum absolute atomic E-state index is 0.183. The molecule has 0 atom stereocenters. The van der Waals surface area contributed by atoms with E-state index in [2.05, 4.69) is 27.7 Å². The third-order valence-electron chi connectivity index (χ3n) is 6.98. The number of hydrogen-bond acceptors (Lipinski definition) is 6. The molecule has 0 bridgehead atoms. The SMILES string of the molecule is CNC(=O)c1cc(=O)n(CCN2CCC(NC/C=C/c3ccccc3OC)CC2)c2cc(OC)ccc12. The second-order valence-electron chi connectivity index (χ2n) is 9.18. The Morgan fingerprint density at radius 2 is 1.84 bits per heavy atom. The Labute approximate surface area is 217 Å². The number of ether oxygens (including phenoxy) is 2. The number of carbonyl (C=O) groups is 1. The normalized spacial score (nSPS) is 14.8. The number of methoxy groups -OCH3 is 2. The quantitative estimate of drug-likeness (QED) is 0.441. The van der Waals surface area contributed by atoms with E-state index in [9.17, 15) is 9.59 Å². The van der Waals surface area contributed by atoms with E-state index < -0.39 is 0 Å². The topological polar surface area (TPSA) is 84.8 Å². The number of amides is 1. The van der Waals surface area contributed by atoms with Crippen LogP contribution in [0.25, 0.3) is 17.0 Å². The van der Waals surface area contributed by atoms with E-state index in [1.807, 2.05) is 42.5 Å². The monoisotopic (exact) mass is 504 g/mol. The van der Waals surface area contributed by atoms with E-state index in [-0.39, 0.29) is 11.5 Å². The number of likely N-dealkylation sites (tertiary alicyclic amines) is 1. The first-order chi connectivity index (χ1) is 18.0. The summed E-state index contributed by atoms with van der Waals surface area (Å²) in [5, 5.41) is 7.00. The van der Waals surface area contributed by atoms with Gasteiger partial charge >= 0.3 is 0 Å². The summed E-state index contributed by atoms with van der Waals surface area (Å²) in [6, 6.07) is 15.4. The molecule has 1 saturated heterocycles. The van der Waals surface area contributed by atoms with Crippen molar-refractivity contribution in [2.75, 3.05) is 47.4 Å². The van der Waals surface area contributed by atoms with Gasteiger partial charge in [-0.1, -0.05) is 30.4 Å². The van der Waals surface area contributed by atoms with E-state index in [1.54, 1.807) is 25.8 Å². The molecule has 0 saturated carbocycles. The first kappa shape index (κ1) is 26.4. The molecular formula is C29H36N4O4. The lowest BCUT2D eigenvalue weighted by Gasteiger charge is -2.32. The molecule has 1 amide bonds. The minimum Gasteiger partial charge on any atom is -0.497 e. The molecule has 3 aromatic rings. The largest absolute Gasteiger partial charge is 0.497 e. The fourth-order valence-corrected chi connectivity index (χ4v) is 4.87. The van der Waals surface area contributed by atoms with Gasteiger partial charge in [0, 0.05) is 55.8 Å². The fourth-order valence-electron chi connectivity index (χ4n) is 4.87.